The van der Waals surface area contributed by atoms with Crippen molar-refractivity contribution in [3.63, 3.8) is 0 Å². The zero-order valence-corrected chi connectivity index (χ0v) is 16.5. The van der Waals surface area contributed by atoms with Gasteiger partial charge >= 0.3 is 0 Å². The van der Waals surface area contributed by atoms with Crippen LogP contribution < -0.4 is 10.6 Å². The number of likely N-dealkylation sites (tertiary alicyclic amines) is 1. The van der Waals surface area contributed by atoms with E-state index in [2.05, 4.69) is 10.6 Å². The van der Waals surface area contributed by atoms with Crippen LogP contribution in [-0.4, -0.2) is 59.7 Å². The van der Waals surface area contributed by atoms with E-state index in [1.165, 1.54) is 35.9 Å². The molecule has 2 aliphatic carbocycles. The molecule has 0 bridgehead atoms. The molecular formula is C19H29N3O4S. The smallest absolute Gasteiger partial charge is 0.233 e. The van der Waals surface area contributed by atoms with Crippen molar-refractivity contribution in [3.8, 4) is 0 Å². The molecule has 0 aromatic carbocycles. The quantitative estimate of drug-likeness (QED) is 0.566. The molecule has 27 heavy (non-hydrogen) atoms. The normalized spacial score (nSPS) is 25.1. The van der Waals surface area contributed by atoms with Crippen molar-refractivity contribution < 1.29 is 19.2 Å². The number of nitrogens with one attached hydrogen (secondary N) is 2. The fraction of sp³-hybridized carbons (Fsp3) is 0.789. The first-order valence-electron chi connectivity index (χ1n) is 10.0. The minimum atomic E-state index is -0.177. The van der Waals surface area contributed by atoms with Gasteiger partial charge in [0, 0.05) is 19.6 Å². The van der Waals surface area contributed by atoms with Crippen LogP contribution in [-0.2, 0) is 19.2 Å². The first-order chi connectivity index (χ1) is 13.1. The molecule has 0 unspecified atom stereocenters. The Morgan fingerprint density at radius 3 is 2.04 bits per heavy atom. The van der Waals surface area contributed by atoms with Gasteiger partial charge in [0.05, 0.1) is 23.3 Å². The maximum Gasteiger partial charge on any atom is 0.233 e. The summed E-state index contributed by atoms with van der Waals surface area (Å²) in [5.74, 6) is 0.456. The van der Waals surface area contributed by atoms with E-state index < -0.39 is 0 Å². The lowest BCUT2D eigenvalue weighted by molar-refractivity contribution is -0.140. The highest BCUT2D eigenvalue weighted by atomic mass is 32.2. The second-order valence-corrected chi connectivity index (χ2v) is 8.75. The number of fused-ring (bicyclic) bond motifs is 1. The number of nitrogens with zero attached hydrogens (tertiary/aromatic N) is 1. The van der Waals surface area contributed by atoms with Crippen LogP contribution in [0.3, 0.4) is 0 Å². The van der Waals surface area contributed by atoms with Gasteiger partial charge in [0.15, 0.2) is 0 Å². The van der Waals surface area contributed by atoms with Crippen molar-refractivity contribution in [2.24, 2.45) is 17.8 Å². The van der Waals surface area contributed by atoms with Crippen LogP contribution >= 0.6 is 11.8 Å². The van der Waals surface area contributed by atoms with Gasteiger partial charge in [-0.05, 0) is 31.6 Å². The molecule has 0 aromatic heterocycles. The first-order valence-corrected chi connectivity index (χ1v) is 11.2. The molecule has 8 heteroatoms. The Bertz CT molecular complexity index is 570. The highest BCUT2D eigenvalue weighted by Gasteiger charge is 2.47. The Labute approximate surface area is 164 Å². The zero-order valence-electron chi connectivity index (χ0n) is 15.7. The SMILES string of the molecule is O=C(CSCC(=O)NCC1CCC1)NCCN1C(=O)[C@H]2CCCC[C@H]2C1=O. The Kier molecular flexibility index (Phi) is 7.15. The molecular weight excluding hydrogens is 366 g/mol. The summed E-state index contributed by atoms with van der Waals surface area (Å²) >= 11 is 1.28. The fourth-order valence-corrected chi connectivity index (χ4v) is 4.73. The molecule has 3 aliphatic rings. The van der Waals surface area contributed by atoms with Crippen LogP contribution in [0.4, 0.5) is 0 Å². The van der Waals surface area contributed by atoms with Crippen LogP contribution in [0.5, 0.6) is 0 Å². The molecule has 0 radical (unpaired) electrons. The van der Waals surface area contributed by atoms with Gasteiger partial charge in [-0.3, -0.25) is 24.1 Å². The predicted molar refractivity (Wildman–Crippen MR) is 103 cm³/mol. The summed E-state index contributed by atoms with van der Waals surface area (Å²) in [4.78, 5) is 49.6. The molecule has 0 aromatic rings. The number of hydrogen-bond donors (Lipinski definition) is 2. The Morgan fingerprint density at radius 1 is 0.889 bits per heavy atom. The summed E-state index contributed by atoms with van der Waals surface area (Å²) in [6.45, 7) is 1.25. The predicted octanol–water partition coefficient (Wildman–Crippen LogP) is 0.927. The lowest BCUT2D eigenvalue weighted by Crippen LogP contribution is -2.39. The second kappa shape index (κ2) is 9.57. The molecule has 150 valence electrons. The molecule has 2 saturated carbocycles. The van der Waals surface area contributed by atoms with Crippen molar-refractivity contribution in [1.29, 1.82) is 0 Å². The summed E-state index contributed by atoms with van der Waals surface area (Å²) in [5.41, 5.74) is 0. The van der Waals surface area contributed by atoms with Gasteiger partial charge in [0.2, 0.25) is 23.6 Å². The van der Waals surface area contributed by atoms with Crippen LogP contribution in [0.25, 0.3) is 0 Å². The van der Waals surface area contributed by atoms with Crippen LogP contribution in [0, 0.1) is 17.8 Å². The molecule has 4 amide bonds. The molecule has 0 spiro atoms. The maximum absolute atomic E-state index is 12.4. The molecule has 2 N–H and O–H groups in total. The third-order valence-corrected chi connectivity index (χ3v) is 6.80. The van der Waals surface area contributed by atoms with E-state index in [0.717, 1.165) is 32.2 Å². The van der Waals surface area contributed by atoms with E-state index >= 15 is 0 Å². The fourth-order valence-electron chi connectivity index (χ4n) is 4.05. The molecule has 3 fully saturated rings. The molecule has 2 atom stereocenters. The van der Waals surface area contributed by atoms with Crippen LogP contribution in [0.2, 0.25) is 0 Å². The number of hydrogen-bond acceptors (Lipinski definition) is 5. The zero-order chi connectivity index (χ0) is 19.2. The number of thioether (sulfide) groups is 1. The van der Waals surface area contributed by atoms with Gasteiger partial charge < -0.3 is 10.6 Å². The van der Waals surface area contributed by atoms with E-state index in [0.29, 0.717) is 5.92 Å². The lowest BCUT2D eigenvalue weighted by atomic mass is 9.81. The number of imide groups is 1. The Morgan fingerprint density at radius 2 is 1.48 bits per heavy atom. The first kappa shape index (κ1) is 20.2. The third kappa shape index (κ3) is 5.24. The van der Waals surface area contributed by atoms with Gasteiger partial charge in [-0.1, -0.05) is 19.3 Å². The summed E-state index contributed by atoms with van der Waals surface area (Å²) in [6, 6.07) is 0. The summed E-state index contributed by atoms with van der Waals surface area (Å²) in [7, 11) is 0. The van der Waals surface area contributed by atoms with Crippen molar-refractivity contribution in [2.45, 2.75) is 44.9 Å². The molecule has 1 heterocycles. The summed E-state index contributed by atoms with van der Waals surface area (Å²) < 4.78 is 0. The van der Waals surface area contributed by atoms with Gasteiger partial charge in [-0.2, -0.15) is 0 Å². The minimum Gasteiger partial charge on any atom is -0.355 e. The third-order valence-electron chi connectivity index (χ3n) is 5.87. The molecule has 7 nitrogen and oxygen atoms in total. The van der Waals surface area contributed by atoms with Crippen molar-refractivity contribution in [2.75, 3.05) is 31.1 Å². The standard InChI is InChI=1S/C19H29N3O4S/c23-16(11-27-12-17(24)21-10-13-4-3-5-13)20-8-9-22-18(25)14-6-1-2-7-15(14)19(22)26/h13-15H,1-12H2,(H,20,23)(H,21,24)/t14-,15+. The highest BCUT2D eigenvalue weighted by molar-refractivity contribution is 8.00. The lowest BCUT2D eigenvalue weighted by Gasteiger charge is -2.25. The monoisotopic (exact) mass is 395 g/mol. The van der Waals surface area contributed by atoms with E-state index in [1.54, 1.807) is 0 Å². The van der Waals surface area contributed by atoms with Crippen molar-refractivity contribution >= 4 is 35.4 Å². The summed E-state index contributed by atoms with van der Waals surface area (Å²) in [5, 5.41) is 5.64. The molecule has 1 aliphatic heterocycles. The Hall–Kier alpha value is -1.57. The van der Waals surface area contributed by atoms with E-state index in [9.17, 15) is 19.2 Å². The average Bonchev–Trinajstić information content (AvgIpc) is 2.86. The maximum atomic E-state index is 12.4. The highest BCUT2D eigenvalue weighted by Crippen LogP contribution is 2.37. The number of carbonyl (C=O) groups is 4. The molecule has 3 rings (SSSR count). The van der Waals surface area contributed by atoms with E-state index in [1.807, 2.05) is 0 Å². The van der Waals surface area contributed by atoms with Crippen molar-refractivity contribution in [1.82, 2.24) is 15.5 Å². The largest absolute Gasteiger partial charge is 0.355 e. The number of rotatable bonds is 9. The topological polar surface area (TPSA) is 95.6 Å². The van der Waals surface area contributed by atoms with E-state index in [-0.39, 0.29) is 60.1 Å². The Balaban J connectivity index is 1.27. The van der Waals surface area contributed by atoms with Gasteiger partial charge in [-0.25, -0.2) is 0 Å². The average molecular weight is 396 g/mol. The van der Waals surface area contributed by atoms with E-state index in [4.69, 9.17) is 0 Å². The van der Waals surface area contributed by atoms with Gasteiger partial charge in [0.25, 0.3) is 0 Å². The molecule has 1 saturated heterocycles. The van der Waals surface area contributed by atoms with Gasteiger partial charge in [0.1, 0.15) is 0 Å². The van der Waals surface area contributed by atoms with Crippen LogP contribution in [0.1, 0.15) is 44.9 Å². The van der Waals surface area contributed by atoms with Gasteiger partial charge in [-0.15, -0.1) is 11.8 Å². The number of amides is 4. The second-order valence-electron chi connectivity index (χ2n) is 7.77. The minimum absolute atomic E-state index is 0.0319. The summed E-state index contributed by atoms with van der Waals surface area (Å²) in [6.07, 6.45) is 7.27. The van der Waals surface area contributed by atoms with Crippen LogP contribution in [0.15, 0.2) is 0 Å². The number of carbonyl (C=O) groups excluding carboxylic acids is 4. The van der Waals surface area contributed by atoms with Crippen molar-refractivity contribution in [3.05, 3.63) is 0 Å².